The summed E-state index contributed by atoms with van der Waals surface area (Å²) in [5.41, 5.74) is 2.90. The zero-order valence-electron chi connectivity index (χ0n) is 19.4. The Morgan fingerprint density at radius 2 is 1.77 bits per heavy atom. The van der Waals surface area contributed by atoms with Gasteiger partial charge in [-0.1, -0.05) is 26.8 Å². The van der Waals surface area contributed by atoms with Gasteiger partial charge in [0, 0.05) is 50.0 Å². The van der Waals surface area contributed by atoms with Crippen LogP contribution in [0.4, 0.5) is 15.8 Å². The third-order valence-corrected chi connectivity index (χ3v) is 5.23. The summed E-state index contributed by atoms with van der Waals surface area (Å²) in [4.78, 5) is 29.2. The minimum Gasteiger partial charge on any atom is -0.377 e. The number of carbonyl (C=O) groups is 2. The second-order valence-corrected chi connectivity index (χ2v) is 8.58. The predicted octanol–water partition coefficient (Wildman–Crippen LogP) is 5.32. The Balaban J connectivity index is 2.38. The van der Waals surface area contributed by atoms with Crippen LogP contribution >= 0.6 is 0 Å². The molecule has 6 heteroatoms. The molecule has 31 heavy (non-hydrogen) atoms. The van der Waals surface area contributed by atoms with Gasteiger partial charge in [0.1, 0.15) is 5.82 Å². The third kappa shape index (κ3) is 6.81. The monoisotopic (exact) mass is 427 g/mol. The van der Waals surface area contributed by atoms with E-state index in [0.717, 1.165) is 17.7 Å². The fourth-order valence-electron chi connectivity index (χ4n) is 3.43. The first-order valence-electron chi connectivity index (χ1n) is 10.8. The van der Waals surface area contributed by atoms with Crippen LogP contribution in [0.15, 0.2) is 42.5 Å². The van der Waals surface area contributed by atoms with Crippen molar-refractivity contribution >= 4 is 23.2 Å². The van der Waals surface area contributed by atoms with Crippen LogP contribution in [0.1, 0.15) is 56.5 Å². The normalized spacial score (nSPS) is 11.9. The van der Waals surface area contributed by atoms with Crippen LogP contribution in [0.5, 0.6) is 0 Å². The summed E-state index contributed by atoms with van der Waals surface area (Å²) >= 11 is 0. The first-order valence-corrected chi connectivity index (χ1v) is 10.8. The number of hydrogen-bond donors (Lipinski definition) is 1. The Morgan fingerprint density at radius 3 is 2.35 bits per heavy atom. The molecular formula is C25H34FN3O2. The second-order valence-electron chi connectivity index (χ2n) is 8.58. The lowest BCUT2D eigenvalue weighted by Crippen LogP contribution is -2.38. The summed E-state index contributed by atoms with van der Waals surface area (Å²) < 4.78 is 13.7. The van der Waals surface area contributed by atoms with Gasteiger partial charge in [-0.15, -0.1) is 0 Å². The van der Waals surface area contributed by atoms with Gasteiger partial charge in [0.2, 0.25) is 5.91 Å². The van der Waals surface area contributed by atoms with Crippen molar-refractivity contribution in [2.24, 2.45) is 5.92 Å². The van der Waals surface area contributed by atoms with Gasteiger partial charge in [0.25, 0.3) is 5.91 Å². The van der Waals surface area contributed by atoms with E-state index in [-0.39, 0.29) is 23.8 Å². The Morgan fingerprint density at radius 1 is 1.06 bits per heavy atom. The molecule has 1 unspecified atom stereocenters. The number of rotatable bonds is 9. The molecule has 0 bridgehead atoms. The summed E-state index contributed by atoms with van der Waals surface area (Å²) in [6.07, 6.45) is 1.21. The maximum absolute atomic E-state index is 13.7. The van der Waals surface area contributed by atoms with Crippen molar-refractivity contribution in [3.63, 3.8) is 0 Å². The Kier molecular flexibility index (Phi) is 8.60. The standard InChI is InChI=1S/C25H34FN3O2/c1-7-18(4)29(25(31)19-9-8-10-21(26)14-19)16-20-15-22(11-12-23(20)28(5)6)27-24(30)13-17(2)3/h8-12,14-15,17-18H,7,13,16H2,1-6H3,(H,27,30). The van der Waals surface area contributed by atoms with Crippen LogP contribution in [0.3, 0.4) is 0 Å². The number of nitrogens with one attached hydrogen (secondary N) is 1. The SMILES string of the molecule is CCC(C)N(Cc1cc(NC(=O)CC(C)C)ccc1N(C)C)C(=O)c1cccc(F)c1. The fraction of sp³-hybridized carbons (Fsp3) is 0.440. The molecule has 0 aliphatic rings. The molecule has 2 aromatic carbocycles. The molecule has 0 fully saturated rings. The molecule has 0 saturated carbocycles. The number of hydrogen-bond acceptors (Lipinski definition) is 3. The van der Waals surface area contributed by atoms with E-state index >= 15 is 0 Å². The van der Waals surface area contributed by atoms with Gasteiger partial charge in [0.05, 0.1) is 0 Å². The first kappa shape index (κ1) is 24.4. The number of anilines is 2. The maximum atomic E-state index is 13.7. The van der Waals surface area contributed by atoms with Gasteiger partial charge in [-0.2, -0.15) is 0 Å². The Bertz CT molecular complexity index is 911. The van der Waals surface area contributed by atoms with Gasteiger partial charge in [-0.25, -0.2) is 4.39 Å². The van der Waals surface area contributed by atoms with Crippen molar-refractivity contribution in [3.8, 4) is 0 Å². The van der Waals surface area contributed by atoms with Gasteiger partial charge in [-0.05, 0) is 61.2 Å². The molecule has 0 aliphatic carbocycles. The quantitative estimate of drug-likeness (QED) is 0.589. The minimum atomic E-state index is -0.432. The first-order chi connectivity index (χ1) is 14.6. The lowest BCUT2D eigenvalue weighted by atomic mass is 10.1. The van der Waals surface area contributed by atoms with Gasteiger partial charge in [0.15, 0.2) is 0 Å². The van der Waals surface area contributed by atoms with Crippen LogP contribution in [-0.2, 0) is 11.3 Å². The summed E-state index contributed by atoms with van der Waals surface area (Å²) in [7, 11) is 3.88. The Labute approximate surface area is 185 Å². The topological polar surface area (TPSA) is 52.7 Å². The molecule has 0 aromatic heterocycles. The summed E-state index contributed by atoms with van der Waals surface area (Å²) in [6, 6.07) is 11.5. The van der Waals surface area contributed by atoms with E-state index in [9.17, 15) is 14.0 Å². The van der Waals surface area contributed by atoms with E-state index in [2.05, 4.69) is 5.32 Å². The highest BCUT2D eigenvalue weighted by atomic mass is 19.1. The molecule has 1 N–H and O–H groups in total. The molecule has 0 saturated heterocycles. The highest BCUT2D eigenvalue weighted by Gasteiger charge is 2.23. The lowest BCUT2D eigenvalue weighted by molar-refractivity contribution is -0.116. The molecular weight excluding hydrogens is 393 g/mol. The largest absolute Gasteiger partial charge is 0.377 e. The van der Waals surface area contributed by atoms with E-state index < -0.39 is 5.82 Å². The fourth-order valence-corrected chi connectivity index (χ4v) is 3.43. The van der Waals surface area contributed by atoms with Gasteiger partial charge >= 0.3 is 0 Å². The smallest absolute Gasteiger partial charge is 0.254 e. The van der Waals surface area contributed by atoms with Crippen molar-refractivity contribution in [3.05, 3.63) is 59.4 Å². The van der Waals surface area contributed by atoms with Crippen LogP contribution in [0.25, 0.3) is 0 Å². The van der Waals surface area contributed by atoms with Crippen LogP contribution in [-0.4, -0.2) is 36.9 Å². The highest BCUT2D eigenvalue weighted by molar-refractivity contribution is 5.94. The summed E-state index contributed by atoms with van der Waals surface area (Å²) in [5, 5.41) is 2.95. The number of carbonyl (C=O) groups excluding carboxylic acids is 2. The van der Waals surface area contributed by atoms with Crippen molar-refractivity contribution < 1.29 is 14.0 Å². The summed E-state index contributed by atoms with van der Waals surface area (Å²) in [6.45, 7) is 8.36. The molecule has 0 aliphatic heterocycles. The zero-order chi connectivity index (χ0) is 23.1. The third-order valence-electron chi connectivity index (χ3n) is 5.23. The molecule has 2 amide bonds. The minimum absolute atomic E-state index is 0.0341. The molecule has 0 heterocycles. The second kappa shape index (κ2) is 10.9. The average Bonchev–Trinajstić information content (AvgIpc) is 2.70. The molecule has 0 radical (unpaired) electrons. The average molecular weight is 428 g/mol. The van der Waals surface area contributed by atoms with Crippen molar-refractivity contribution in [1.29, 1.82) is 0 Å². The van der Waals surface area contributed by atoms with Crippen molar-refractivity contribution in [1.82, 2.24) is 4.90 Å². The molecule has 1 atom stereocenters. The van der Waals surface area contributed by atoms with Gasteiger partial charge in [-0.3, -0.25) is 9.59 Å². The molecule has 2 rings (SSSR count). The summed E-state index contributed by atoms with van der Waals surface area (Å²) in [5.74, 6) is -0.412. The molecule has 0 spiro atoms. The number of benzene rings is 2. The van der Waals surface area contributed by atoms with Gasteiger partial charge < -0.3 is 15.1 Å². The predicted molar refractivity (Wildman–Crippen MR) is 125 cm³/mol. The molecule has 2 aromatic rings. The lowest BCUT2D eigenvalue weighted by Gasteiger charge is -2.31. The van der Waals surface area contributed by atoms with Crippen LogP contribution in [0, 0.1) is 11.7 Å². The van der Waals surface area contributed by atoms with Crippen LogP contribution in [0.2, 0.25) is 0 Å². The number of nitrogens with zero attached hydrogens (tertiary/aromatic N) is 2. The van der Waals surface area contributed by atoms with E-state index in [0.29, 0.717) is 24.2 Å². The molecule has 168 valence electrons. The van der Waals surface area contributed by atoms with Crippen molar-refractivity contribution in [2.45, 2.75) is 53.1 Å². The molecule has 5 nitrogen and oxygen atoms in total. The van der Waals surface area contributed by atoms with Crippen molar-refractivity contribution in [2.75, 3.05) is 24.3 Å². The Hall–Kier alpha value is -2.89. The van der Waals surface area contributed by atoms with E-state index in [1.54, 1.807) is 17.0 Å². The maximum Gasteiger partial charge on any atom is 0.254 e. The highest BCUT2D eigenvalue weighted by Crippen LogP contribution is 2.27. The van der Waals surface area contributed by atoms with E-state index in [4.69, 9.17) is 0 Å². The van der Waals surface area contributed by atoms with Crippen LogP contribution < -0.4 is 10.2 Å². The van der Waals surface area contributed by atoms with E-state index in [1.807, 2.05) is 64.9 Å². The van der Waals surface area contributed by atoms with E-state index in [1.165, 1.54) is 12.1 Å². The number of amides is 2. The number of halogens is 1. The zero-order valence-corrected chi connectivity index (χ0v) is 19.4.